The normalized spacial score (nSPS) is 19.4. The molecule has 1 aromatic carbocycles. The maximum Gasteiger partial charge on any atom is 0.314 e. The van der Waals surface area contributed by atoms with E-state index in [2.05, 4.69) is 22.9 Å². The quantitative estimate of drug-likeness (QED) is 0.912. The van der Waals surface area contributed by atoms with Crippen molar-refractivity contribution in [1.82, 2.24) is 0 Å². The fourth-order valence-corrected chi connectivity index (χ4v) is 4.39. The zero-order chi connectivity index (χ0) is 14.5. The molecule has 0 aliphatic heterocycles. The lowest BCUT2D eigenvalue weighted by molar-refractivity contribution is -0.140. The largest absolute Gasteiger partial charge is 0.495 e. The van der Waals surface area contributed by atoms with E-state index in [0.717, 1.165) is 34.2 Å². The van der Waals surface area contributed by atoms with Crippen molar-refractivity contribution in [2.45, 2.75) is 50.9 Å². The summed E-state index contributed by atoms with van der Waals surface area (Å²) in [6, 6.07) is 0. The predicted molar refractivity (Wildman–Crippen MR) is 80.6 cm³/mol. The van der Waals surface area contributed by atoms with Crippen LogP contribution < -0.4 is 4.74 Å². The molecule has 0 spiro atoms. The Morgan fingerprint density at radius 2 is 1.85 bits per heavy atom. The molecule has 0 atom stereocenters. The standard InChI is InChI=1S/C16H19BrO3/c1-9-10-5-3-4-6-11(10)13(17)14(20-2)12(9)16(7-8-16)15(18)19/h3-8H2,1-2H3,(H,18,19). The third kappa shape index (κ3) is 1.80. The minimum atomic E-state index is -0.721. The number of hydrogen-bond acceptors (Lipinski definition) is 2. The highest BCUT2D eigenvalue weighted by Crippen LogP contribution is 2.56. The van der Waals surface area contributed by atoms with Crippen LogP contribution in [0.5, 0.6) is 5.75 Å². The third-order valence-electron chi connectivity index (χ3n) is 4.83. The Kier molecular flexibility index (Phi) is 3.32. The number of carboxylic acid groups (broad SMARTS) is 1. The zero-order valence-electron chi connectivity index (χ0n) is 11.9. The maximum absolute atomic E-state index is 11.7. The summed E-state index contributed by atoms with van der Waals surface area (Å²) in [5, 5.41) is 9.63. The van der Waals surface area contributed by atoms with Gasteiger partial charge in [-0.1, -0.05) is 0 Å². The van der Waals surface area contributed by atoms with Crippen molar-refractivity contribution in [1.29, 1.82) is 0 Å². The highest BCUT2D eigenvalue weighted by molar-refractivity contribution is 9.10. The third-order valence-corrected chi connectivity index (χ3v) is 5.67. The number of fused-ring (bicyclic) bond motifs is 1. The first kappa shape index (κ1) is 13.9. The van der Waals surface area contributed by atoms with Crippen molar-refractivity contribution in [2.24, 2.45) is 0 Å². The zero-order valence-corrected chi connectivity index (χ0v) is 13.5. The van der Waals surface area contributed by atoms with Crippen LogP contribution in [0.2, 0.25) is 0 Å². The van der Waals surface area contributed by atoms with Gasteiger partial charge in [-0.15, -0.1) is 0 Å². The molecule has 2 aliphatic carbocycles. The van der Waals surface area contributed by atoms with E-state index in [1.54, 1.807) is 7.11 Å². The van der Waals surface area contributed by atoms with Crippen LogP contribution in [-0.4, -0.2) is 18.2 Å². The van der Waals surface area contributed by atoms with Gasteiger partial charge in [0.15, 0.2) is 0 Å². The first-order valence-electron chi connectivity index (χ1n) is 7.14. The summed E-state index contributed by atoms with van der Waals surface area (Å²) in [5.41, 5.74) is 3.98. The minimum absolute atomic E-state index is 0.713. The molecule has 2 aliphatic rings. The van der Waals surface area contributed by atoms with Crippen LogP contribution in [0.25, 0.3) is 0 Å². The monoisotopic (exact) mass is 338 g/mol. The van der Waals surface area contributed by atoms with Crippen LogP contribution in [0.3, 0.4) is 0 Å². The number of halogens is 1. The first-order valence-corrected chi connectivity index (χ1v) is 7.94. The molecule has 1 fully saturated rings. The van der Waals surface area contributed by atoms with Crippen LogP contribution in [0.1, 0.15) is 47.9 Å². The second-order valence-electron chi connectivity index (χ2n) is 5.90. The molecule has 0 radical (unpaired) electrons. The number of aliphatic carboxylic acids is 1. The summed E-state index contributed by atoms with van der Waals surface area (Å²) in [7, 11) is 1.64. The predicted octanol–water partition coefficient (Wildman–Crippen LogP) is 3.76. The van der Waals surface area contributed by atoms with Crippen molar-refractivity contribution < 1.29 is 14.6 Å². The molecule has 0 bridgehead atoms. The van der Waals surface area contributed by atoms with E-state index in [-0.39, 0.29) is 0 Å². The van der Waals surface area contributed by atoms with Gasteiger partial charge in [0.05, 0.1) is 17.0 Å². The summed E-state index contributed by atoms with van der Waals surface area (Å²) in [5.74, 6) is 0.0182. The number of benzene rings is 1. The van der Waals surface area contributed by atoms with E-state index in [9.17, 15) is 9.90 Å². The number of carbonyl (C=O) groups is 1. The van der Waals surface area contributed by atoms with Gasteiger partial charge in [-0.25, -0.2) is 0 Å². The van der Waals surface area contributed by atoms with Gasteiger partial charge in [0.25, 0.3) is 0 Å². The number of methoxy groups -OCH3 is 1. The molecular formula is C16H19BrO3. The van der Waals surface area contributed by atoms with E-state index in [0.29, 0.717) is 12.8 Å². The van der Waals surface area contributed by atoms with Gasteiger partial charge in [-0.3, -0.25) is 4.79 Å². The fraction of sp³-hybridized carbons (Fsp3) is 0.562. The molecule has 0 amide bonds. The van der Waals surface area contributed by atoms with E-state index in [1.165, 1.54) is 24.0 Å². The van der Waals surface area contributed by atoms with Crippen molar-refractivity contribution in [3.63, 3.8) is 0 Å². The molecule has 20 heavy (non-hydrogen) atoms. The molecule has 108 valence electrons. The molecule has 0 aromatic heterocycles. The average Bonchev–Trinajstić information content (AvgIpc) is 3.24. The average molecular weight is 339 g/mol. The molecule has 3 rings (SSSR count). The van der Waals surface area contributed by atoms with Crippen molar-refractivity contribution in [3.8, 4) is 5.75 Å². The second kappa shape index (κ2) is 4.76. The second-order valence-corrected chi connectivity index (χ2v) is 6.69. The molecule has 0 saturated heterocycles. The molecule has 0 unspecified atom stereocenters. The Balaban J connectivity index is 2.29. The van der Waals surface area contributed by atoms with Crippen LogP contribution >= 0.6 is 15.9 Å². The minimum Gasteiger partial charge on any atom is -0.495 e. The Morgan fingerprint density at radius 3 is 2.35 bits per heavy atom. The summed E-state index contributed by atoms with van der Waals surface area (Å²) < 4.78 is 6.56. The van der Waals surface area contributed by atoms with Gasteiger partial charge < -0.3 is 9.84 Å². The molecular weight excluding hydrogens is 320 g/mol. The van der Waals surface area contributed by atoms with Crippen molar-refractivity contribution >= 4 is 21.9 Å². The fourth-order valence-electron chi connectivity index (χ4n) is 3.59. The lowest BCUT2D eigenvalue weighted by Crippen LogP contribution is -2.23. The topological polar surface area (TPSA) is 46.5 Å². The van der Waals surface area contributed by atoms with Crippen LogP contribution in [0.15, 0.2) is 4.47 Å². The van der Waals surface area contributed by atoms with E-state index < -0.39 is 11.4 Å². The van der Waals surface area contributed by atoms with E-state index >= 15 is 0 Å². The summed E-state index contributed by atoms with van der Waals surface area (Å²) >= 11 is 3.66. The highest BCUT2D eigenvalue weighted by atomic mass is 79.9. The van der Waals surface area contributed by atoms with Crippen LogP contribution in [-0.2, 0) is 23.1 Å². The Morgan fingerprint density at radius 1 is 1.25 bits per heavy atom. The number of hydrogen-bond donors (Lipinski definition) is 1. The number of carboxylic acids is 1. The smallest absolute Gasteiger partial charge is 0.314 e. The summed E-state index contributed by atoms with van der Waals surface area (Å²) in [4.78, 5) is 11.7. The Bertz CT molecular complexity index is 588. The molecule has 3 nitrogen and oxygen atoms in total. The molecule has 1 N–H and O–H groups in total. The maximum atomic E-state index is 11.7. The highest BCUT2D eigenvalue weighted by Gasteiger charge is 2.55. The van der Waals surface area contributed by atoms with Crippen molar-refractivity contribution in [3.05, 3.63) is 26.7 Å². The number of rotatable bonds is 3. The van der Waals surface area contributed by atoms with Crippen molar-refractivity contribution in [2.75, 3.05) is 7.11 Å². The van der Waals surface area contributed by atoms with Gasteiger partial charge in [-0.2, -0.15) is 0 Å². The van der Waals surface area contributed by atoms with Gasteiger partial charge in [0, 0.05) is 5.56 Å². The van der Waals surface area contributed by atoms with Crippen LogP contribution in [0, 0.1) is 6.92 Å². The van der Waals surface area contributed by atoms with E-state index in [4.69, 9.17) is 4.74 Å². The molecule has 4 heteroatoms. The SMILES string of the molecule is COc1c(Br)c2c(c(C)c1C1(C(=O)O)CC1)CCCC2. The number of ether oxygens (including phenoxy) is 1. The van der Waals surface area contributed by atoms with Gasteiger partial charge >= 0.3 is 5.97 Å². The van der Waals surface area contributed by atoms with Gasteiger partial charge in [0.1, 0.15) is 5.75 Å². The lowest BCUT2D eigenvalue weighted by Gasteiger charge is -2.27. The van der Waals surface area contributed by atoms with Gasteiger partial charge in [-0.05, 0) is 78.1 Å². The van der Waals surface area contributed by atoms with E-state index in [1.807, 2.05) is 0 Å². The molecule has 1 aromatic rings. The lowest BCUT2D eigenvalue weighted by atomic mass is 9.81. The Hall–Kier alpha value is -1.03. The Labute approximate surface area is 127 Å². The molecule has 0 heterocycles. The van der Waals surface area contributed by atoms with Gasteiger partial charge in [0.2, 0.25) is 0 Å². The first-order chi connectivity index (χ1) is 9.53. The summed E-state index contributed by atoms with van der Waals surface area (Å²) in [6.45, 7) is 2.07. The van der Waals surface area contributed by atoms with Crippen LogP contribution in [0.4, 0.5) is 0 Å². The summed E-state index contributed by atoms with van der Waals surface area (Å²) in [6.07, 6.45) is 5.90. The molecule has 1 saturated carbocycles.